The summed E-state index contributed by atoms with van der Waals surface area (Å²) in [7, 11) is 0. The summed E-state index contributed by atoms with van der Waals surface area (Å²) in [4.78, 5) is 4.70. The number of para-hydroxylation sites is 1. The van der Waals surface area contributed by atoms with Crippen LogP contribution in [0.4, 0.5) is 5.69 Å². The second-order valence-corrected chi connectivity index (χ2v) is 5.15. The maximum atomic E-state index is 5.95. The minimum Gasteiger partial charge on any atom is -0.398 e. The Morgan fingerprint density at radius 1 is 1.25 bits per heavy atom. The van der Waals surface area contributed by atoms with Crippen molar-refractivity contribution in [3.05, 3.63) is 35.3 Å². The first-order chi connectivity index (χ1) is 7.84. The fourth-order valence-corrected chi connectivity index (χ4v) is 2.94. The zero-order valence-electron chi connectivity index (χ0n) is 9.02. The molecule has 1 aromatic carbocycles. The van der Waals surface area contributed by atoms with E-state index in [1.807, 2.05) is 24.3 Å². The van der Waals surface area contributed by atoms with Crippen LogP contribution in [0.25, 0.3) is 10.6 Å². The van der Waals surface area contributed by atoms with Gasteiger partial charge in [-0.15, -0.1) is 11.3 Å². The third kappa shape index (κ3) is 1.61. The van der Waals surface area contributed by atoms with Crippen LogP contribution in [0.1, 0.15) is 30.9 Å². The first-order valence-corrected chi connectivity index (χ1v) is 6.53. The number of rotatable bonds is 2. The van der Waals surface area contributed by atoms with Gasteiger partial charge in [0.1, 0.15) is 5.01 Å². The fraction of sp³-hybridized carbons (Fsp3) is 0.308. The maximum absolute atomic E-state index is 5.95. The van der Waals surface area contributed by atoms with Crippen molar-refractivity contribution in [3.8, 4) is 10.6 Å². The van der Waals surface area contributed by atoms with Gasteiger partial charge in [-0.2, -0.15) is 0 Å². The molecule has 1 aliphatic rings. The van der Waals surface area contributed by atoms with E-state index in [9.17, 15) is 0 Å². The summed E-state index contributed by atoms with van der Waals surface area (Å²) in [6.45, 7) is 0. The van der Waals surface area contributed by atoms with Crippen LogP contribution < -0.4 is 5.73 Å². The Morgan fingerprint density at radius 3 is 2.75 bits per heavy atom. The van der Waals surface area contributed by atoms with Crippen LogP contribution in [-0.4, -0.2) is 4.98 Å². The van der Waals surface area contributed by atoms with Crippen LogP contribution in [0.2, 0.25) is 0 Å². The molecule has 1 heterocycles. The van der Waals surface area contributed by atoms with Crippen molar-refractivity contribution < 1.29 is 0 Å². The van der Waals surface area contributed by atoms with Gasteiger partial charge in [0, 0.05) is 22.5 Å². The second kappa shape index (κ2) is 3.91. The van der Waals surface area contributed by atoms with Crippen molar-refractivity contribution in [2.75, 3.05) is 5.73 Å². The van der Waals surface area contributed by atoms with Gasteiger partial charge < -0.3 is 5.73 Å². The van der Waals surface area contributed by atoms with Crippen molar-refractivity contribution in [2.45, 2.75) is 25.2 Å². The summed E-state index contributed by atoms with van der Waals surface area (Å²) in [6, 6.07) is 7.94. The highest BCUT2D eigenvalue weighted by Crippen LogP contribution is 2.38. The third-order valence-corrected chi connectivity index (χ3v) is 4.13. The van der Waals surface area contributed by atoms with Crippen LogP contribution in [0.3, 0.4) is 0 Å². The van der Waals surface area contributed by atoms with Gasteiger partial charge in [0.2, 0.25) is 0 Å². The molecule has 1 aromatic heterocycles. The number of hydrogen-bond acceptors (Lipinski definition) is 3. The molecule has 1 saturated carbocycles. The zero-order valence-corrected chi connectivity index (χ0v) is 9.83. The lowest BCUT2D eigenvalue weighted by molar-refractivity contribution is 0.413. The first-order valence-electron chi connectivity index (χ1n) is 5.65. The molecule has 0 saturated heterocycles. The van der Waals surface area contributed by atoms with Gasteiger partial charge in [0.15, 0.2) is 0 Å². The van der Waals surface area contributed by atoms with Gasteiger partial charge in [-0.25, -0.2) is 4.98 Å². The van der Waals surface area contributed by atoms with Gasteiger partial charge in [0.05, 0.1) is 5.69 Å². The van der Waals surface area contributed by atoms with Crippen LogP contribution in [0.5, 0.6) is 0 Å². The zero-order chi connectivity index (χ0) is 11.0. The molecule has 0 aliphatic heterocycles. The molecule has 0 spiro atoms. The molecular formula is C13H14N2S. The second-order valence-electron chi connectivity index (χ2n) is 4.29. The molecule has 0 radical (unpaired) electrons. The molecule has 3 heteroatoms. The van der Waals surface area contributed by atoms with E-state index >= 15 is 0 Å². The predicted octanol–water partition coefficient (Wildman–Crippen LogP) is 3.66. The van der Waals surface area contributed by atoms with Crippen LogP contribution in [0.15, 0.2) is 29.6 Å². The van der Waals surface area contributed by atoms with E-state index in [4.69, 9.17) is 10.7 Å². The lowest BCUT2D eigenvalue weighted by Gasteiger charge is -2.23. The largest absolute Gasteiger partial charge is 0.398 e. The number of aromatic nitrogens is 1. The molecule has 0 atom stereocenters. The highest BCUT2D eigenvalue weighted by Gasteiger charge is 2.22. The van der Waals surface area contributed by atoms with Gasteiger partial charge in [-0.05, 0) is 25.0 Å². The van der Waals surface area contributed by atoms with E-state index in [-0.39, 0.29) is 0 Å². The number of nitrogens with zero attached hydrogens (tertiary/aromatic N) is 1. The Kier molecular flexibility index (Phi) is 2.40. The average Bonchev–Trinajstić information content (AvgIpc) is 2.65. The van der Waals surface area contributed by atoms with Gasteiger partial charge >= 0.3 is 0 Å². The predicted molar refractivity (Wildman–Crippen MR) is 68.6 cm³/mol. The van der Waals surface area contributed by atoms with Crippen LogP contribution in [0, 0.1) is 0 Å². The summed E-state index contributed by atoms with van der Waals surface area (Å²) in [5.41, 5.74) is 9.09. The lowest BCUT2D eigenvalue weighted by Crippen LogP contribution is -2.08. The molecule has 2 N–H and O–H groups in total. The number of nitrogens with two attached hydrogens (primary N) is 1. The summed E-state index contributed by atoms with van der Waals surface area (Å²) < 4.78 is 0. The molecule has 1 fully saturated rings. The molecule has 0 unspecified atom stereocenters. The van der Waals surface area contributed by atoms with Crippen LogP contribution >= 0.6 is 11.3 Å². The number of benzene rings is 1. The Hall–Kier alpha value is -1.35. The topological polar surface area (TPSA) is 38.9 Å². The fourth-order valence-electron chi connectivity index (χ4n) is 1.99. The number of thiazole rings is 1. The first kappa shape index (κ1) is 9.85. The SMILES string of the molecule is Nc1ccccc1-c1nc(C2CCC2)cs1. The highest BCUT2D eigenvalue weighted by molar-refractivity contribution is 7.13. The van der Waals surface area contributed by atoms with Gasteiger partial charge in [-0.3, -0.25) is 0 Å². The molecule has 0 amide bonds. The standard InChI is InChI=1S/C13H14N2S/c14-11-7-2-1-6-10(11)13-15-12(8-16-13)9-4-3-5-9/h1-2,6-9H,3-5,14H2. The van der Waals surface area contributed by atoms with Crippen molar-refractivity contribution in [1.29, 1.82) is 0 Å². The molecule has 1 aliphatic carbocycles. The quantitative estimate of drug-likeness (QED) is 0.800. The minimum atomic E-state index is 0.704. The van der Waals surface area contributed by atoms with Crippen molar-refractivity contribution >= 4 is 17.0 Å². The maximum Gasteiger partial charge on any atom is 0.125 e. The smallest absolute Gasteiger partial charge is 0.125 e. The summed E-state index contributed by atoms with van der Waals surface area (Å²) in [5, 5.41) is 3.24. The van der Waals surface area contributed by atoms with Crippen LogP contribution in [-0.2, 0) is 0 Å². The number of hydrogen-bond donors (Lipinski definition) is 1. The molecular weight excluding hydrogens is 216 g/mol. The van der Waals surface area contributed by atoms with E-state index in [2.05, 4.69) is 5.38 Å². The van der Waals surface area contributed by atoms with Crippen molar-refractivity contribution in [1.82, 2.24) is 4.98 Å². The third-order valence-electron chi connectivity index (χ3n) is 3.24. The Balaban J connectivity index is 1.95. The summed E-state index contributed by atoms with van der Waals surface area (Å²) in [5.74, 6) is 0.704. The molecule has 82 valence electrons. The summed E-state index contributed by atoms with van der Waals surface area (Å²) in [6.07, 6.45) is 3.95. The summed E-state index contributed by atoms with van der Waals surface area (Å²) >= 11 is 1.70. The Bertz CT molecular complexity index is 500. The van der Waals surface area contributed by atoms with E-state index in [1.54, 1.807) is 11.3 Å². The van der Waals surface area contributed by atoms with E-state index in [0.717, 1.165) is 16.3 Å². The molecule has 2 nitrogen and oxygen atoms in total. The van der Waals surface area contributed by atoms with E-state index in [1.165, 1.54) is 25.0 Å². The molecule has 3 rings (SSSR count). The minimum absolute atomic E-state index is 0.704. The molecule has 16 heavy (non-hydrogen) atoms. The van der Waals surface area contributed by atoms with E-state index < -0.39 is 0 Å². The number of anilines is 1. The number of nitrogen functional groups attached to an aromatic ring is 1. The average molecular weight is 230 g/mol. The Morgan fingerprint density at radius 2 is 2.06 bits per heavy atom. The molecule has 0 bridgehead atoms. The molecule has 2 aromatic rings. The van der Waals surface area contributed by atoms with Crippen molar-refractivity contribution in [3.63, 3.8) is 0 Å². The van der Waals surface area contributed by atoms with Gasteiger partial charge in [-0.1, -0.05) is 18.6 Å². The normalized spacial score (nSPS) is 16.0. The van der Waals surface area contributed by atoms with E-state index in [0.29, 0.717) is 5.92 Å². The monoisotopic (exact) mass is 230 g/mol. The lowest BCUT2D eigenvalue weighted by atomic mass is 9.83. The highest BCUT2D eigenvalue weighted by atomic mass is 32.1. The van der Waals surface area contributed by atoms with Gasteiger partial charge in [0.25, 0.3) is 0 Å². The Labute approximate surface area is 99.1 Å². The van der Waals surface area contributed by atoms with Crippen molar-refractivity contribution in [2.24, 2.45) is 0 Å².